The van der Waals surface area contributed by atoms with E-state index < -0.39 is 0 Å². The predicted octanol–water partition coefficient (Wildman–Crippen LogP) is 6.91. The van der Waals surface area contributed by atoms with Gasteiger partial charge in [0.25, 0.3) is 0 Å². The van der Waals surface area contributed by atoms with Gasteiger partial charge in [-0.15, -0.1) is 0 Å². The van der Waals surface area contributed by atoms with Gasteiger partial charge in [-0.05, 0) is 12.8 Å². The number of hydrogen-bond donors (Lipinski definition) is 2. The van der Waals surface area contributed by atoms with Crippen LogP contribution in [0.2, 0.25) is 0 Å². The summed E-state index contributed by atoms with van der Waals surface area (Å²) >= 11 is 0. The molecule has 1 fully saturated rings. The molecule has 2 N–H and O–H groups in total. The third-order valence-corrected chi connectivity index (χ3v) is 5.21. The number of aliphatic hydroxyl groups is 2. The Kier molecular flexibility index (Phi) is 35.7. The van der Waals surface area contributed by atoms with Gasteiger partial charge in [-0.3, -0.25) is 9.59 Å². The Morgan fingerprint density at radius 3 is 1.85 bits per heavy atom. The van der Waals surface area contributed by atoms with Crippen LogP contribution < -0.4 is 0 Å². The van der Waals surface area contributed by atoms with Gasteiger partial charge < -0.3 is 19.8 Å². The highest BCUT2D eigenvalue weighted by Crippen LogP contribution is 2.19. The van der Waals surface area contributed by atoms with Crippen LogP contribution in [0.15, 0.2) is 12.3 Å². The molecule has 1 rings (SSSR count). The Balaban J connectivity index is -0.000000271. The number of esters is 1. The predicted molar refractivity (Wildman–Crippen MR) is 141 cm³/mol. The Bertz CT molecular complexity index is 440. The Labute approximate surface area is 205 Å². The van der Waals surface area contributed by atoms with Crippen molar-refractivity contribution in [3.63, 3.8) is 0 Å². The van der Waals surface area contributed by atoms with Gasteiger partial charge in [0.1, 0.15) is 0 Å². The normalized spacial score (nSPS) is 14.7. The van der Waals surface area contributed by atoms with Crippen LogP contribution in [0.5, 0.6) is 0 Å². The van der Waals surface area contributed by atoms with E-state index in [4.69, 9.17) is 14.9 Å². The number of carbonyl (C=O) groups excluding carboxylic acids is 2. The van der Waals surface area contributed by atoms with Gasteiger partial charge in [-0.25, -0.2) is 0 Å². The Morgan fingerprint density at radius 2 is 1.48 bits per heavy atom. The standard InChI is InChI=1S/C16H29NO3.C6H12O.2C2H6.CH4O/c1-3-4-5-6-7-8-9-10-11-17-13-14(12-15(17)18)16(19)20-2;1-4-5(2)6(3)7;3*1-2/h14H,3-13H2,1-2H3;5,7H,3-4H2,1-2H3;2*1-2H3;2H,1H3. The van der Waals surface area contributed by atoms with Crippen molar-refractivity contribution in [1.82, 2.24) is 4.90 Å². The summed E-state index contributed by atoms with van der Waals surface area (Å²) in [7, 11) is 2.38. The lowest BCUT2D eigenvalue weighted by molar-refractivity contribution is -0.145. The highest BCUT2D eigenvalue weighted by atomic mass is 16.5. The van der Waals surface area contributed by atoms with E-state index in [9.17, 15) is 9.59 Å². The molecule has 200 valence electrons. The van der Waals surface area contributed by atoms with E-state index >= 15 is 0 Å². The van der Waals surface area contributed by atoms with Crippen molar-refractivity contribution in [1.29, 1.82) is 0 Å². The number of nitrogens with zero attached hydrogens (tertiary/aromatic N) is 1. The Hall–Kier alpha value is -1.56. The Morgan fingerprint density at radius 1 is 1.03 bits per heavy atom. The van der Waals surface area contributed by atoms with E-state index in [1.54, 1.807) is 0 Å². The highest BCUT2D eigenvalue weighted by Gasteiger charge is 2.34. The van der Waals surface area contributed by atoms with E-state index in [-0.39, 0.29) is 23.7 Å². The molecule has 6 nitrogen and oxygen atoms in total. The molecule has 0 aliphatic carbocycles. The number of rotatable bonds is 12. The van der Waals surface area contributed by atoms with Gasteiger partial charge in [0.05, 0.1) is 18.8 Å². The summed E-state index contributed by atoms with van der Waals surface area (Å²) in [6.07, 6.45) is 11.4. The van der Waals surface area contributed by atoms with Crippen molar-refractivity contribution in [3.8, 4) is 0 Å². The van der Waals surface area contributed by atoms with Crippen molar-refractivity contribution in [3.05, 3.63) is 12.3 Å². The number of hydrogen-bond acceptors (Lipinski definition) is 5. The molecule has 0 bridgehead atoms. The van der Waals surface area contributed by atoms with E-state index in [0.717, 1.165) is 26.5 Å². The second kappa shape index (κ2) is 30.4. The zero-order valence-corrected chi connectivity index (χ0v) is 23.4. The average Bonchev–Trinajstić information content (AvgIpc) is 3.24. The first kappa shape index (κ1) is 38.7. The van der Waals surface area contributed by atoms with Crippen LogP contribution in [0.25, 0.3) is 0 Å². The van der Waals surface area contributed by atoms with Crippen molar-refractivity contribution < 1.29 is 24.5 Å². The lowest BCUT2D eigenvalue weighted by Crippen LogP contribution is -2.27. The SMILES string of the molecule is C=C(O)C(C)CC.CC.CC.CCCCCCCCCCN1CC(C(=O)OC)CC1=O.CO. The minimum absolute atomic E-state index is 0.100. The fourth-order valence-electron chi connectivity index (χ4n) is 2.98. The third-order valence-electron chi connectivity index (χ3n) is 5.21. The summed E-state index contributed by atoms with van der Waals surface area (Å²) in [6, 6.07) is 0. The van der Waals surface area contributed by atoms with Crippen LogP contribution in [-0.2, 0) is 14.3 Å². The van der Waals surface area contributed by atoms with Gasteiger partial charge in [-0.1, -0.05) is 100.0 Å². The summed E-state index contributed by atoms with van der Waals surface area (Å²) in [6.45, 7) is 18.9. The summed E-state index contributed by atoms with van der Waals surface area (Å²) in [5, 5.41) is 15.6. The number of allylic oxidation sites excluding steroid dienone is 1. The minimum Gasteiger partial charge on any atom is -0.513 e. The summed E-state index contributed by atoms with van der Waals surface area (Å²) in [5.41, 5.74) is 0. The number of carbonyl (C=O) groups is 2. The largest absolute Gasteiger partial charge is 0.513 e. The first-order chi connectivity index (χ1) is 15.9. The van der Waals surface area contributed by atoms with Crippen LogP contribution in [0.3, 0.4) is 0 Å². The molecule has 0 aromatic rings. The molecular weight excluding hydrogens is 418 g/mol. The lowest BCUT2D eigenvalue weighted by Gasteiger charge is -2.15. The fraction of sp³-hybridized carbons (Fsp3) is 0.852. The molecule has 0 aromatic carbocycles. The molecule has 1 aliphatic heterocycles. The lowest BCUT2D eigenvalue weighted by atomic mass is 10.1. The zero-order chi connectivity index (χ0) is 26.7. The number of methoxy groups -OCH3 is 1. The topological polar surface area (TPSA) is 87.1 Å². The quantitative estimate of drug-likeness (QED) is 0.182. The number of amides is 1. The molecule has 0 saturated carbocycles. The van der Waals surface area contributed by atoms with Crippen LogP contribution in [0, 0.1) is 11.8 Å². The van der Waals surface area contributed by atoms with Gasteiger partial charge in [0.2, 0.25) is 5.91 Å². The van der Waals surface area contributed by atoms with Gasteiger partial charge >= 0.3 is 5.97 Å². The molecule has 33 heavy (non-hydrogen) atoms. The molecular formula is C27H57NO5. The zero-order valence-electron chi connectivity index (χ0n) is 23.4. The van der Waals surface area contributed by atoms with Crippen molar-refractivity contribution in [2.75, 3.05) is 27.3 Å². The molecule has 1 amide bonds. The molecule has 2 atom stereocenters. The van der Waals surface area contributed by atoms with Crippen molar-refractivity contribution in [2.45, 2.75) is 113 Å². The molecule has 2 unspecified atom stereocenters. The average molecular weight is 476 g/mol. The second-order valence-corrected chi connectivity index (χ2v) is 7.54. The first-order valence-electron chi connectivity index (χ1n) is 13.0. The smallest absolute Gasteiger partial charge is 0.310 e. The molecule has 1 heterocycles. The number of likely N-dealkylation sites (tertiary alicyclic amines) is 1. The van der Waals surface area contributed by atoms with E-state index in [2.05, 4.69) is 13.5 Å². The maximum Gasteiger partial charge on any atom is 0.310 e. The minimum atomic E-state index is -0.253. The molecule has 0 spiro atoms. The molecule has 1 saturated heterocycles. The van der Waals surface area contributed by atoms with Gasteiger partial charge in [-0.2, -0.15) is 0 Å². The molecule has 6 heteroatoms. The summed E-state index contributed by atoms with van der Waals surface area (Å²) in [5.74, 6) is 0.157. The summed E-state index contributed by atoms with van der Waals surface area (Å²) < 4.78 is 4.70. The summed E-state index contributed by atoms with van der Waals surface area (Å²) in [4.78, 5) is 25.0. The fourth-order valence-corrected chi connectivity index (χ4v) is 2.98. The van der Waals surface area contributed by atoms with Crippen molar-refractivity contribution >= 4 is 11.9 Å². The molecule has 0 aromatic heterocycles. The van der Waals surface area contributed by atoms with Crippen LogP contribution in [0.1, 0.15) is 113 Å². The van der Waals surface area contributed by atoms with Crippen LogP contribution in [0.4, 0.5) is 0 Å². The third kappa shape index (κ3) is 23.4. The first-order valence-corrected chi connectivity index (χ1v) is 13.0. The van der Waals surface area contributed by atoms with Crippen LogP contribution >= 0.6 is 0 Å². The van der Waals surface area contributed by atoms with E-state index in [1.165, 1.54) is 52.1 Å². The number of aliphatic hydroxyl groups excluding tert-OH is 2. The van der Waals surface area contributed by atoms with E-state index in [0.29, 0.717) is 18.7 Å². The number of unbranched alkanes of at least 4 members (excludes halogenated alkanes) is 7. The molecule has 1 aliphatic rings. The van der Waals surface area contributed by atoms with Crippen LogP contribution in [-0.4, -0.2) is 54.3 Å². The maximum absolute atomic E-state index is 11.8. The maximum atomic E-state index is 11.8. The second-order valence-electron chi connectivity index (χ2n) is 7.54. The molecule has 0 radical (unpaired) electrons. The monoisotopic (exact) mass is 475 g/mol. The van der Waals surface area contributed by atoms with E-state index in [1.807, 2.05) is 46.4 Å². The van der Waals surface area contributed by atoms with Gasteiger partial charge in [0.15, 0.2) is 0 Å². The highest BCUT2D eigenvalue weighted by molar-refractivity contribution is 5.86. The number of ether oxygens (including phenoxy) is 1. The van der Waals surface area contributed by atoms with Crippen molar-refractivity contribution in [2.24, 2.45) is 11.8 Å². The van der Waals surface area contributed by atoms with Gasteiger partial charge in [0, 0.05) is 32.5 Å².